The van der Waals surface area contributed by atoms with Gasteiger partial charge in [-0.3, -0.25) is 0 Å². The molecule has 4 aliphatic rings. The fraction of sp³-hybridized carbons (Fsp3) is 0.0625. The smallest absolute Gasteiger partial charge is 0.135 e. The van der Waals surface area contributed by atoms with E-state index in [1.165, 1.54) is 77.9 Å². The van der Waals surface area contributed by atoms with E-state index in [1.54, 1.807) is 0 Å². The van der Waals surface area contributed by atoms with E-state index in [-0.39, 0.29) is 5.41 Å². The SMILES string of the molecule is CC1(C)c2ccccc2-c2ccc(N(c3ccc4c(c3)-c3ccccc3-c3ccccc3O4)c3cccc4c3-c3ccccc3C43c4ccccc4-c4ccccc4-c4ccccc43)cc21. The Morgan fingerprint density at radius 3 is 1.38 bits per heavy atom. The number of para-hydroxylation sites is 1. The Bertz CT molecular complexity index is 3620. The molecule has 0 N–H and O–H groups in total. The first kappa shape index (κ1) is 37.2. The maximum absolute atomic E-state index is 6.84. The quantitative estimate of drug-likeness (QED) is 0.176. The number of anilines is 3. The third-order valence-corrected chi connectivity index (χ3v) is 15.1. The summed E-state index contributed by atoms with van der Waals surface area (Å²) in [5.41, 5.74) is 25.0. The van der Waals surface area contributed by atoms with Gasteiger partial charge >= 0.3 is 0 Å². The molecule has 0 radical (unpaired) electrons. The van der Waals surface area contributed by atoms with Gasteiger partial charge in [-0.2, -0.15) is 0 Å². The fourth-order valence-electron chi connectivity index (χ4n) is 12.3. The number of benzene rings is 10. The Kier molecular flexibility index (Phi) is 7.70. The summed E-state index contributed by atoms with van der Waals surface area (Å²) in [4.78, 5) is 2.53. The van der Waals surface area contributed by atoms with Gasteiger partial charge in [-0.15, -0.1) is 0 Å². The topological polar surface area (TPSA) is 12.5 Å². The van der Waals surface area contributed by atoms with Crippen LogP contribution in [0.15, 0.2) is 224 Å². The van der Waals surface area contributed by atoms with Gasteiger partial charge in [0.2, 0.25) is 0 Å². The van der Waals surface area contributed by atoms with Gasteiger partial charge in [-0.25, -0.2) is 0 Å². The Balaban J connectivity index is 1.07. The molecule has 66 heavy (non-hydrogen) atoms. The average Bonchev–Trinajstić information content (AvgIpc) is 3.69. The molecular formula is C64H43NO. The van der Waals surface area contributed by atoms with E-state index in [4.69, 9.17) is 4.74 Å². The van der Waals surface area contributed by atoms with Crippen LogP contribution in [0.2, 0.25) is 0 Å². The predicted molar refractivity (Wildman–Crippen MR) is 271 cm³/mol. The molecule has 0 saturated heterocycles. The first-order valence-corrected chi connectivity index (χ1v) is 23.1. The lowest BCUT2D eigenvalue weighted by Crippen LogP contribution is -2.29. The second kappa shape index (κ2) is 13.7. The highest BCUT2D eigenvalue weighted by molar-refractivity contribution is 6.03. The van der Waals surface area contributed by atoms with E-state index >= 15 is 0 Å². The Morgan fingerprint density at radius 1 is 0.303 bits per heavy atom. The van der Waals surface area contributed by atoms with Crippen molar-refractivity contribution in [2.45, 2.75) is 24.7 Å². The largest absolute Gasteiger partial charge is 0.456 e. The molecular weight excluding hydrogens is 799 g/mol. The van der Waals surface area contributed by atoms with Crippen molar-refractivity contribution in [3.8, 4) is 78.3 Å². The summed E-state index contributed by atoms with van der Waals surface area (Å²) in [6.07, 6.45) is 0. The van der Waals surface area contributed by atoms with Gasteiger partial charge in [0.1, 0.15) is 11.5 Å². The lowest BCUT2D eigenvalue weighted by Gasteiger charge is -2.36. The van der Waals surface area contributed by atoms with Gasteiger partial charge in [0.15, 0.2) is 0 Å². The second-order valence-electron chi connectivity index (χ2n) is 18.7. The van der Waals surface area contributed by atoms with Crippen molar-refractivity contribution in [1.82, 2.24) is 0 Å². The maximum Gasteiger partial charge on any atom is 0.135 e. The van der Waals surface area contributed by atoms with Gasteiger partial charge in [0.05, 0.1) is 11.1 Å². The van der Waals surface area contributed by atoms with Crippen LogP contribution in [0.4, 0.5) is 17.1 Å². The summed E-state index contributed by atoms with van der Waals surface area (Å²) in [5.74, 6) is 1.71. The summed E-state index contributed by atoms with van der Waals surface area (Å²) < 4.78 is 6.84. The lowest BCUT2D eigenvalue weighted by atomic mass is 9.66. The molecule has 1 heterocycles. The minimum Gasteiger partial charge on any atom is -0.456 e. The normalized spacial score (nSPS) is 14.3. The number of nitrogens with zero attached hydrogens (tertiary/aromatic N) is 1. The minimum atomic E-state index is -0.603. The molecule has 10 aromatic rings. The first-order chi connectivity index (χ1) is 32.5. The molecule has 3 aliphatic carbocycles. The summed E-state index contributed by atoms with van der Waals surface area (Å²) in [7, 11) is 0. The molecule has 0 fully saturated rings. The van der Waals surface area contributed by atoms with E-state index in [1.807, 2.05) is 0 Å². The molecule has 10 aromatic carbocycles. The molecule has 0 unspecified atom stereocenters. The highest BCUT2D eigenvalue weighted by Gasteiger charge is 2.51. The van der Waals surface area contributed by atoms with Crippen molar-refractivity contribution in [3.05, 3.63) is 258 Å². The number of rotatable bonds is 3. The molecule has 0 aromatic heterocycles. The molecule has 1 spiro atoms. The molecule has 1 aliphatic heterocycles. The zero-order valence-corrected chi connectivity index (χ0v) is 36.7. The zero-order chi connectivity index (χ0) is 43.7. The van der Waals surface area contributed by atoms with E-state index in [0.717, 1.165) is 50.8 Å². The molecule has 0 amide bonds. The van der Waals surface area contributed by atoms with Crippen LogP contribution in [-0.2, 0) is 10.8 Å². The standard InChI is InChI=1S/C64H43NO/c1-63(2)53-27-12-7-24-48(53)49-36-34-41(39-58(49)63)65(40-35-37-61-52(38-40)45-21-6-5-20-44(45)50-25-11-16-33-60(50)66-61)59-32-17-31-57-62(59)51-26-10-15-30-56(51)64(57)54-28-13-8-22-46(54)42-18-3-4-19-43(42)47-23-9-14-29-55(47)64/h3-39H,1-2H3. The van der Waals surface area contributed by atoms with Crippen molar-refractivity contribution in [2.24, 2.45) is 0 Å². The van der Waals surface area contributed by atoms with Crippen LogP contribution in [0.3, 0.4) is 0 Å². The van der Waals surface area contributed by atoms with Crippen molar-refractivity contribution in [3.63, 3.8) is 0 Å². The van der Waals surface area contributed by atoms with Crippen LogP contribution in [0.1, 0.15) is 47.2 Å². The first-order valence-electron chi connectivity index (χ1n) is 23.1. The van der Waals surface area contributed by atoms with Gasteiger partial charge in [-0.1, -0.05) is 196 Å². The fourth-order valence-corrected chi connectivity index (χ4v) is 12.3. The zero-order valence-electron chi connectivity index (χ0n) is 36.7. The molecule has 2 nitrogen and oxygen atoms in total. The summed E-state index contributed by atoms with van der Waals surface area (Å²) in [5, 5.41) is 0. The van der Waals surface area contributed by atoms with Crippen LogP contribution in [0.25, 0.3) is 66.8 Å². The molecule has 310 valence electrons. The molecule has 0 saturated carbocycles. The van der Waals surface area contributed by atoms with Crippen LogP contribution in [0.5, 0.6) is 11.5 Å². The Labute approximate surface area is 385 Å². The average molecular weight is 842 g/mol. The van der Waals surface area contributed by atoms with E-state index in [0.29, 0.717) is 0 Å². The second-order valence-corrected chi connectivity index (χ2v) is 18.7. The van der Waals surface area contributed by atoms with Crippen molar-refractivity contribution < 1.29 is 4.74 Å². The molecule has 2 heteroatoms. The van der Waals surface area contributed by atoms with Crippen LogP contribution in [-0.4, -0.2) is 0 Å². The number of fused-ring (bicyclic) bond motifs is 20. The van der Waals surface area contributed by atoms with Gasteiger partial charge in [0.25, 0.3) is 0 Å². The molecule has 0 bridgehead atoms. The number of hydrogen-bond acceptors (Lipinski definition) is 2. The van der Waals surface area contributed by atoms with E-state index in [9.17, 15) is 0 Å². The van der Waals surface area contributed by atoms with E-state index in [2.05, 4.69) is 243 Å². The third-order valence-electron chi connectivity index (χ3n) is 15.1. The monoisotopic (exact) mass is 841 g/mol. The lowest BCUT2D eigenvalue weighted by molar-refractivity contribution is 0.488. The maximum atomic E-state index is 6.84. The third kappa shape index (κ3) is 4.91. The minimum absolute atomic E-state index is 0.183. The highest BCUT2D eigenvalue weighted by atomic mass is 16.5. The Morgan fingerprint density at radius 2 is 0.727 bits per heavy atom. The highest BCUT2D eigenvalue weighted by Crippen LogP contribution is 2.64. The summed E-state index contributed by atoms with van der Waals surface area (Å²) in [6, 6.07) is 83.5. The molecule has 0 atom stereocenters. The van der Waals surface area contributed by atoms with Crippen LogP contribution >= 0.6 is 0 Å². The summed E-state index contributed by atoms with van der Waals surface area (Å²) >= 11 is 0. The number of ether oxygens (including phenoxy) is 1. The summed E-state index contributed by atoms with van der Waals surface area (Å²) in [6.45, 7) is 4.75. The Hall–Kier alpha value is -8.20. The predicted octanol–water partition coefficient (Wildman–Crippen LogP) is 16.9. The van der Waals surface area contributed by atoms with Crippen molar-refractivity contribution in [2.75, 3.05) is 4.90 Å². The van der Waals surface area contributed by atoms with Crippen molar-refractivity contribution >= 4 is 17.1 Å². The van der Waals surface area contributed by atoms with Gasteiger partial charge in [-0.05, 0) is 126 Å². The van der Waals surface area contributed by atoms with Gasteiger partial charge < -0.3 is 9.64 Å². The van der Waals surface area contributed by atoms with Gasteiger partial charge in [0, 0.05) is 33.5 Å². The molecule has 14 rings (SSSR count). The number of hydrogen-bond donors (Lipinski definition) is 0. The van der Waals surface area contributed by atoms with Crippen molar-refractivity contribution in [1.29, 1.82) is 0 Å². The van der Waals surface area contributed by atoms with E-state index < -0.39 is 5.41 Å². The van der Waals surface area contributed by atoms with Crippen LogP contribution < -0.4 is 9.64 Å². The van der Waals surface area contributed by atoms with Crippen LogP contribution in [0, 0.1) is 0 Å².